The van der Waals surface area contributed by atoms with Crippen molar-refractivity contribution in [3.8, 4) is 11.1 Å². The van der Waals surface area contributed by atoms with Crippen LogP contribution in [0.2, 0.25) is 0 Å². The first-order valence-electron chi connectivity index (χ1n) is 9.04. The number of carbonyl (C=O) groups is 1. The minimum Gasteiger partial charge on any atom is -0.478 e. The third kappa shape index (κ3) is 3.69. The number of thiocarbonyl (C=S) groups is 1. The van der Waals surface area contributed by atoms with Crippen LogP contribution in [0.3, 0.4) is 0 Å². The quantitative estimate of drug-likeness (QED) is 0.214. The van der Waals surface area contributed by atoms with Gasteiger partial charge in [0.2, 0.25) is 0 Å². The molecule has 0 aliphatic rings. The van der Waals surface area contributed by atoms with E-state index in [4.69, 9.17) is 22.4 Å². The summed E-state index contributed by atoms with van der Waals surface area (Å²) in [5, 5.41) is 10.9. The predicted octanol–water partition coefficient (Wildman–Crippen LogP) is 1.47. The van der Waals surface area contributed by atoms with Crippen LogP contribution in [-0.4, -0.2) is 16.2 Å². The van der Waals surface area contributed by atoms with E-state index in [-0.39, 0.29) is 37.9 Å². The number of hydrogen-bond donors (Lipinski definition) is 4. The molecule has 0 aliphatic heterocycles. The van der Waals surface area contributed by atoms with Gasteiger partial charge in [0.05, 0.1) is 10.8 Å². The number of nitrogens with two attached hydrogens (primary N) is 1. The molecule has 9 heteroatoms. The van der Waals surface area contributed by atoms with Gasteiger partial charge in [-0.25, -0.2) is 4.79 Å². The van der Waals surface area contributed by atoms with Crippen LogP contribution in [0.1, 0.15) is 10.4 Å². The molecule has 4 aromatic rings. The van der Waals surface area contributed by atoms with E-state index in [9.17, 15) is 19.5 Å². The Hall–Kier alpha value is -4.24. The topological polar surface area (TPSA) is 135 Å². The molecule has 31 heavy (non-hydrogen) atoms. The molecule has 0 spiro atoms. The number of nitrogens with one attached hydrogen (secondary N) is 2. The molecule has 0 aliphatic carbocycles. The molecule has 0 saturated carbocycles. The Morgan fingerprint density at radius 2 is 1.81 bits per heavy atom. The average molecular weight is 433 g/mol. The van der Waals surface area contributed by atoms with Crippen molar-refractivity contribution >= 4 is 51.4 Å². The summed E-state index contributed by atoms with van der Waals surface area (Å²) in [7, 11) is 0. The Bertz CT molecular complexity index is 1550. The van der Waals surface area contributed by atoms with Gasteiger partial charge in [-0.1, -0.05) is 18.2 Å². The summed E-state index contributed by atoms with van der Waals surface area (Å²) in [4.78, 5) is 36.4. The molecule has 4 rings (SSSR count). The fourth-order valence-electron chi connectivity index (χ4n) is 3.43. The van der Waals surface area contributed by atoms with Gasteiger partial charge in [-0.05, 0) is 48.1 Å². The second kappa shape index (κ2) is 7.88. The van der Waals surface area contributed by atoms with Gasteiger partial charge in [-0.3, -0.25) is 15.0 Å². The van der Waals surface area contributed by atoms with Crippen LogP contribution in [0.25, 0.3) is 39.3 Å². The molecule has 0 fully saturated rings. The number of rotatable bonds is 4. The van der Waals surface area contributed by atoms with Crippen LogP contribution in [0.15, 0.2) is 68.6 Å². The summed E-state index contributed by atoms with van der Waals surface area (Å²) in [6.07, 6.45) is 1.34. The summed E-state index contributed by atoms with van der Waals surface area (Å²) in [6.45, 7) is 0. The fourth-order valence-corrected chi connectivity index (χ4v) is 3.49. The standard InChI is InChI=1S/C22H15N3O5S/c23-22(31)25-24-10-16-17(27)8-7-15-19(12-3-1-2-4-13(12)21(28)29)14-6-5-11(26)9-18(14)30-20(15)16/h1-10,24H,(H,28,29)(H3,23,25,31)/b16-10+. The number of aromatic carboxylic acids is 1. The van der Waals surface area contributed by atoms with Crippen molar-refractivity contribution in [3.05, 3.63) is 85.8 Å². The van der Waals surface area contributed by atoms with Crippen molar-refractivity contribution in [2.24, 2.45) is 5.73 Å². The van der Waals surface area contributed by atoms with E-state index >= 15 is 0 Å². The lowest BCUT2D eigenvalue weighted by molar-refractivity contribution is 0.0697. The van der Waals surface area contributed by atoms with Gasteiger partial charge >= 0.3 is 5.97 Å². The van der Waals surface area contributed by atoms with Gasteiger partial charge in [0.25, 0.3) is 0 Å². The van der Waals surface area contributed by atoms with Crippen molar-refractivity contribution in [1.29, 1.82) is 0 Å². The number of benzene rings is 3. The van der Waals surface area contributed by atoms with Gasteiger partial charge in [0, 0.05) is 28.6 Å². The second-order valence-corrected chi connectivity index (χ2v) is 7.06. The van der Waals surface area contributed by atoms with Gasteiger partial charge in [0.15, 0.2) is 16.0 Å². The minimum absolute atomic E-state index is 0.0293. The van der Waals surface area contributed by atoms with Gasteiger partial charge in [-0.2, -0.15) is 0 Å². The maximum absolute atomic E-state index is 12.6. The molecule has 154 valence electrons. The first-order valence-corrected chi connectivity index (χ1v) is 9.45. The van der Waals surface area contributed by atoms with E-state index in [0.717, 1.165) is 0 Å². The number of fused-ring (bicyclic) bond motifs is 2. The first-order chi connectivity index (χ1) is 14.9. The Balaban J connectivity index is 2.19. The molecule has 8 nitrogen and oxygen atoms in total. The Kier molecular flexibility index (Phi) is 5.10. The Morgan fingerprint density at radius 1 is 1.06 bits per heavy atom. The molecule has 1 heterocycles. The van der Waals surface area contributed by atoms with Crippen LogP contribution in [0, 0.1) is 0 Å². The number of hydrazine groups is 1. The normalized spacial score (nSPS) is 11.5. The van der Waals surface area contributed by atoms with Crippen molar-refractivity contribution in [3.63, 3.8) is 0 Å². The molecule has 0 radical (unpaired) electrons. The second-order valence-electron chi connectivity index (χ2n) is 6.62. The van der Waals surface area contributed by atoms with Crippen molar-refractivity contribution in [2.75, 3.05) is 0 Å². The highest BCUT2D eigenvalue weighted by Crippen LogP contribution is 2.36. The van der Waals surface area contributed by atoms with Crippen LogP contribution in [0.5, 0.6) is 0 Å². The molecule has 1 aromatic heterocycles. The number of hydrogen-bond acceptors (Lipinski definition) is 6. The molecule has 0 saturated heterocycles. The summed E-state index contributed by atoms with van der Waals surface area (Å²) < 4.78 is 5.95. The monoisotopic (exact) mass is 433 g/mol. The Labute approximate surface area is 179 Å². The van der Waals surface area contributed by atoms with Crippen LogP contribution in [0.4, 0.5) is 0 Å². The largest absolute Gasteiger partial charge is 0.478 e. The summed E-state index contributed by atoms with van der Waals surface area (Å²) in [5.74, 6) is -1.10. The van der Waals surface area contributed by atoms with E-state index in [1.165, 1.54) is 30.5 Å². The maximum atomic E-state index is 12.6. The first kappa shape index (κ1) is 20.0. The third-order valence-electron chi connectivity index (χ3n) is 4.70. The Morgan fingerprint density at radius 3 is 2.55 bits per heavy atom. The van der Waals surface area contributed by atoms with Gasteiger partial charge < -0.3 is 20.7 Å². The van der Waals surface area contributed by atoms with Crippen LogP contribution in [-0.2, 0) is 0 Å². The summed E-state index contributed by atoms with van der Waals surface area (Å²) in [6, 6.07) is 13.7. The molecule has 0 bridgehead atoms. The highest BCUT2D eigenvalue weighted by Gasteiger charge is 2.19. The van der Waals surface area contributed by atoms with E-state index < -0.39 is 5.97 Å². The van der Waals surface area contributed by atoms with Crippen molar-refractivity contribution < 1.29 is 14.3 Å². The smallest absolute Gasteiger partial charge is 0.336 e. The fraction of sp³-hybridized carbons (Fsp3) is 0. The molecule has 5 N–H and O–H groups in total. The minimum atomic E-state index is -1.10. The number of carboxylic acids is 1. The van der Waals surface area contributed by atoms with E-state index in [1.807, 2.05) is 0 Å². The molecular formula is C22H15N3O5S. The summed E-state index contributed by atoms with van der Waals surface area (Å²) in [5.41, 5.74) is 11.3. The van der Waals surface area contributed by atoms with Crippen molar-refractivity contribution in [1.82, 2.24) is 10.9 Å². The van der Waals surface area contributed by atoms with Crippen molar-refractivity contribution in [2.45, 2.75) is 0 Å². The lowest BCUT2D eigenvalue weighted by Gasteiger charge is -2.13. The molecule has 0 atom stereocenters. The summed E-state index contributed by atoms with van der Waals surface area (Å²) >= 11 is 4.73. The van der Waals surface area contributed by atoms with E-state index in [1.54, 1.807) is 30.3 Å². The SMILES string of the molecule is NC(=S)NN/C=c1\c(=O)ccc2c(-c3ccccc3C(=O)O)c3ccc(=O)cc3oc12. The number of carboxylic acid groups (broad SMARTS) is 1. The zero-order valence-corrected chi connectivity index (χ0v) is 16.7. The zero-order valence-electron chi connectivity index (χ0n) is 15.8. The highest BCUT2D eigenvalue weighted by atomic mass is 32.1. The molecular weight excluding hydrogens is 418 g/mol. The molecule has 3 aromatic carbocycles. The lowest BCUT2D eigenvalue weighted by atomic mass is 9.93. The van der Waals surface area contributed by atoms with E-state index in [0.29, 0.717) is 21.9 Å². The van der Waals surface area contributed by atoms with Gasteiger partial charge in [-0.15, -0.1) is 0 Å². The van der Waals surface area contributed by atoms with Crippen LogP contribution < -0.4 is 32.7 Å². The highest BCUT2D eigenvalue weighted by molar-refractivity contribution is 7.80. The lowest BCUT2D eigenvalue weighted by Crippen LogP contribution is -2.40. The molecule has 0 unspecified atom stereocenters. The van der Waals surface area contributed by atoms with Crippen LogP contribution >= 0.6 is 12.2 Å². The average Bonchev–Trinajstić information content (AvgIpc) is 2.73. The zero-order chi connectivity index (χ0) is 22.1. The molecule has 0 amide bonds. The third-order valence-corrected chi connectivity index (χ3v) is 4.80. The van der Waals surface area contributed by atoms with Gasteiger partial charge in [0.1, 0.15) is 11.2 Å². The maximum Gasteiger partial charge on any atom is 0.336 e. The van der Waals surface area contributed by atoms with E-state index in [2.05, 4.69) is 10.9 Å². The predicted molar refractivity (Wildman–Crippen MR) is 121 cm³/mol.